The third kappa shape index (κ3) is 22.9. The molecule has 0 aromatic carbocycles. The van der Waals surface area contributed by atoms with Crippen molar-refractivity contribution in [1.29, 1.82) is 0 Å². The van der Waals surface area contributed by atoms with Gasteiger partial charge in [-0.25, -0.2) is 0 Å². The first-order valence-electron chi connectivity index (χ1n) is 0. The normalized spacial score (nSPS) is 0. The van der Waals surface area contributed by atoms with E-state index < -0.39 is 0 Å². The summed E-state index contributed by atoms with van der Waals surface area (Å²) in [6.45, 7) is 0. The van der Waals surface area contributed by atoms with E-state index in [2.05, 4.69) is 0 Å². The molecule has 0 heterocycles. The van der Waals surface area contributed by atoms with Crippen LogP contribution < -0.4 is 156 Å². The largest absolute Gasteiger partial charge is 1.00 e. The molecule has 0 unspecified atom stereocenters. The summed E-state index contributed by atoms with van der Waals surface area (Å²) in [6, 6.07) is 0. The fraction of sp³-hybridized carbons (Fsp3) is 0. The van der Waals surface area contributed by atoms with Crippen LogP contribution >= 0.6 is 0 Å². The van der Waals surface area contributed by atoms with Gasteiger partial charge in [0.1, 0.15) is 0 Å². The van der Waals surface area contributed by atoms with Crippen molar-refractivity contribution in [1.82, 2.24) is 0 Å². The summed E-state index contributed by atoms with van der Waals surface area (Å²) in [5, 5.41) is 0. The molecule has 0 aliphatic heterocycles. The van der Waals surface area contributed by atoms with E-state index in [4.69, 9.17) is 0 Å². The van der Waals surface area contributed by atoms with Crippen LogP contribution in [0.25, 0.3) is 0 Å². The molecule has 0 aromatic heterocycles. The van der Waals surface area contributed by atoms with Crippen molar-refractivity contribution in [2.75, 3.05) is 0 Å². The summed E-state index contributed by atoms with van der Waals surface area (Å²) >= 11 is 0. The molecule has 0 N–H and O–H groups in total. The van der Waals surface area contributed by atoms with Crippen LogP contribution in [0.4, 0.5) is 0 Å². The second-order valence-corrected chi connectivity index (χ2v) is 0. The van der Waals surface area contributed by atoms with E-state index in [-0.39, 0.29) is 165 Å². The van der Waals surface area contributed by atoms with Crippen LogP contribution in [0.3, 0.4) is 0 Å². The van der Waals surface area contributed by atoms with E-state index in [1.54, 1.807) is 0 Å². The predicted octanol–water partition coefficient (Wildman–Crippen LogP) is -17.3. The zero-order valence-corrected chi connectivity index (χ0v) is 14.0. The van der Waals surface area contributed by atoms with Crippen molar-refractivity contribution in [2.24, 2.45) is 0 Å². The Balaban J connectivity index is 0. The molecule has 6 heteroatoms. The van der Waals surface area contributed by atoms with Crippen LogP contribution in [-0.4, -0.2) is 0 Å². The van der Waals surface area contributed by atoms with E-state index in [0.717, 1.165) is 0 Å². The third-order valence-electron chi connectivity index (χ3n) is 0. The van der Waals surface area contributed by atoms with E-state index in [0.29, 0.717) is 0 Å². The molecule has 0 aliphatic rings. The molecule has 0 fully saturated rings. The van der Waals surface area contributed by atoms with Crippen LogP contribution in [0, 0.1) is 0 Å². The van der Waals surface area contributed by atoms with E-state index in [9.17, 15) is 0 Å². The average Bonchev–Trinajstić information content (AvgIpc) is 0. The van der Waals surface area contributed by atoms with Gasteiger partial charge in [-0.15, -0.1) is 0 Å². The molecule has 0 radical (unpaired) electrons. The predicted molar refractivity (Wildman–Crippen MR) is 6.67 cm³/mol. The Bertz CT molecular complexity index is 17.5. The Morgan fingerprint density at radius 3 is 0.500 bits per heavy atom. The Morgan fingerprint density at radius 1 is 0.500 bits per heavy atom. The minimum atomic E-state index is 0. The van der Waals surface area contributed by atoms with Crippen molar-refractivity contribution in [3.63, 3.8) is 0 Å². The molecular weight excluding hydrogens is 106 g/mol. The Labute approximate surface area is 161 Å². The second kappa shape index (κ2) is 31.9. The van der Waals surface area contributed by atoms with Gasteiger partial charge in [0.15, 0.2) is 0 Å². The van der Waals surface area contributed by atoms with Crippen molar-refractivity contribution >= 4 is 0 Å². The van der Waals surface area contributed by atoms with Gasteiger partial charge in [-0.1, -0.05) is 0 Å². The number of hydrogen-bond donors (Lipinski definition) is 0. The minimum absolute atomic E-state index is 0. The molecule has 0 saturated heterocycles. The molecule has 0 saturated carbocycles. The van der Waals surface area contributed by atoms with Gasteiger partial charge in [-0.2, -0.15) is 0 Å². The zero-order valence-electron chi connectivity index (χ0n) is 12.0. The first-order valence-corrected chi connectivity index (χ1v) is 0. The molecule has 0 atom stereocenters. The topological polar surface area (TPSA) is 0 Å². The first kappa shape index (κ1) is 43.1. The smallest absolute Gasteiger partial charge is 1.00 e. The van der Waals surface area contributed by atoms with Gasteiger partial charge in [0.25, 0.3) is 0 Å². The van der Waals surface area contributed by atoms with Crippen LogP contribution in [0.15, 0.2) is 0 Å². The minimum Gasteiger partial charge on any atom is -1.00 e. The van der Waals surface area contributed by atoms with Crippen molar-refractivity contribution in [3.8, 4) is 0 Å². The van der Waals surface area contributed by atoms with Gasteiger partial charge < -0.3 is 8.56 Å². The Hall–Kier alpha value is 5.19. The second-order valence-electron chi connectivity index (χ2n) is 0. The molecule has 6 heavy (non-hydrogen) atoms. The summed E-state index contributed by atoms with van der Waals surface area (Å²) in [5.41, 5.74) is 0. The molecule has 12 valence electrons. The fourth-order valence-electron chi connectivity index (χ4n) is 0. The summed E-state index contributed by atoms with van der Waals surface area (Å²) in [4.78, 5) is 0. The maximum absolute atomic E-state index is 0. The Morgan fingerprint density at radius 2 is 0.500 bits per heavy atom. The summed E-state index contributed by atoms with van der Waals surface area (Å²) in [7, 11) is 0. The molecule has 0 nitrogen and oxygen atoms in total. The maximum Gasteiger partial charge on any atom is 1.00 e. The maximum atomic E-state index is 0. The molecule has 0 bridgehead atoms. The average molecular weight is 112 g/mol. The van der Waals surface area contributed by atoms with Crippen LogP contribution in [0.2, 0.25) is 0 Å². The van der Waals surface area contributed by atoms with Gasteiger partial charge in [-0.3, -0.25) is 0 Å². The molecule has 0 aromatic rings. The van der Waals surface area contributed by atoms with E-state index >= 15 is 0 Å². The van der Waals surface area contributed by atoms with Gasteiger partial charge in [-0.05, 0) is 0 Å². The SMILES string of the molecule is [H-].[H-].[H-].[H-].[H-].[H-].[Li+].[Li+].[Na+].[Na+].[Na+].[Na+]. The zero-order chi connectivity index (χ0) is 0. The Kier molecular flexibility index (Phi) is 230. The third-order valence-corrected chi connectivity index (χ3v) is 0. The standard InChI is InChI=1S/2Li.4Na.6H/q6*+1;6*-1. The van der Waals surface area contributed by atoms with Crippen molar-refractivity contribution < 1.29 is 165 Å². The van der Waals surface area contributed by atoms with E-state index in [1.807, 2.05) is 0 Å². The number of rotatable bonds is 0. The van der Waals surface area contributed by atoms with Crippen molar-refractivity contribution in [2.45, 2.75) is 0 Å². The monoisotopic (exact) mass is 112 g/mol. The van der Waals surface area contributed by atoms with Crippen LogP contribution in [-0.2, 0) is 0 Å². The van der Waals surface area contributed by atoms with Gasteiger partial charge in [0, 0.05) is 0 Å². The molecule has 0 spiro atoms. The molecule has 0 aliphatic carbocycles. The summed E-state index contributed by atoms with van der Waals surface area (Å²) in [6.07, 6.45) is 0. The molecule has 0 rings (SSSR count). The van der Waals surface area contributed by atoms with Gasteiger partial charge >= 0.3 is 156 Å². The summed E-state index contributed by atoms with van der Waals surface area (Å²) < 4.78 is 0. The molecular formula is H6Li2Na4. The van der Waals surface area contributed by atoms with Gasteiger partial charge in [0.05, 0.1) is 0 Å². The first-order chi connectivity index (χ1) is 0. The number of hydrogen-bond acceptors (Lipinski definition) is 0. The van der Waals surface area contributed by atoms with E-state index in [1.165, 1.54) is 0 Å². The van der Waals surface area contributed by atoms with Crippen molar-refractivity contribution in [3.05, 3.63) is 0 Å². The molecule has 0 amide bonds. The summed E-state index contributed by atoms with van der Waals surface area (Å²) in [5.74, 6) is 0. The van der Waals surface area contributed by atoms with Gasteiger partial charge in [0.2, 0.25) is 0 Å². The fourth-order valence-corrected chi connectivity index (χ4v) is 0. The quantitative estimate of drug-likeness (QED) is 0.273. The van der Waals surface area contributed by atoms with Crippen LogP contribution in [0.5, 0.6) is 0 Å². The van der Waals surface area contributed by atoms with Crippen LogP contribution in [0.1, 0.15) is 8.56 Å².